The zero-order chi connectivity index (χ0) is 21.2. The molecule has 6 nitrogen and oxygen atoms in total. The molecule has 0 atom stereocenters. The van der Waals surface area contributed by atoms with Gasteiger partial charge in [0, 0.05) is 40.4 Å². The first-order valence-corrected chi connectivity index (χ1v) is 11.3. The van der Waals surface area contributed by atoms with Gasteiger partial charge in [0.15, 0.2) is 5.82 Å². The monoisotopic (exact) mass is 429 g/mol. The van der Waals surface area contributed by atoms with Crippen LogP contribution in [0.1, 0.15) is 33.6 Å². The van der Waals surface area contributed by atoms with Crippen LogP contribution in [0.15, 0.2) is 53.9 Å². The smallest absolute Gasteiger partial charge is 0.249 e. The summed E-state index contributed by atoms with van der Waals surface area (Å²) in [5.41, 5.74) is 9.52. The minimum Gasteiger partial charge on any atom is -0.366 e. The van der Waals surface area contributed by atoms with E-state index in [9.17, 15) is 4.79 Å². The van der Waals surface area contributed by atoms with Crippen LogP contribution in [0.2, 0.25) is 0 Å². The summed E-state index contributed by atoms with van der Waals surface area (Å²) >= 11 is 1.55. The van der Waals surface area contributed by atoms with E-state index in [1.165, 1.54) is 5.56 Å². The number of nitrogens with two attached hydrogens (primary N) is 1. The SMILES string of the molecule is NC(=O)c1cccc2c(-c3nc4c(c(NCc5ccccc5)n3)CNCCC4)scc12. The Labute approximate surface area is 184 Å². The summed E-state index contributed by atoms with van der Waals surface area (Å²) in [4.78, 5) is 22.7. The topological polar surface area (TPSA) is 92.9 Å². The van der Waals surface area contributed by atoms with Crippen LogP contribution in [-0.4, -0.2) is 22.4 Å². The molecule has 0 saturated heterocycles. The molecule has 4 aromatic rings. The van der Waals surface area contributed by atoms with Crippen LogP contribution < -0.4 is 16.4 Å². The highest BCUT2D eigenvalue weighted by Crippen LogP contribution is 2.36. The molecule has 0 fully saturated rings. The number of benzene rings is 2. The molecule has 2 aromatic carbocycles. The van der Waals surface area contributed by atoms with E-state index in [1.54, 1.807) is 17.4 Å². The first kappa shape index (κ1) is 19.7. The van der Waals surface area contributed by atoms with Crippen LogP contribution in [0, 0.1) is 0 Å². The molecule has 0 aliphatic carbocycles. The maximum Gasteiger partial charge on any atom is 0.249 e. The first-order chi connectivity index (χ1) is 15.2. The lowest BCUT2D eigenvalue weighted by molar-refractivity contribution is 0.100. The molecule has 0 spiro atoms. The van der Waals surface area contributed by atoms with Crippen molar-refractivity contribution in [2.75, 3.05) is 11.9 Å². The zero-order valence-corrected chi connectivity index (χ0v) is 17.8. The number of thiophene rings is 1. The number of aromatic nitrogens is 2. The summed E-state index contributed by atoms with van der Waals surface area (Å²) in [5, 5.41) is 10.8. The number of hydrogen-bond acceptors (Lipinski definition) is 6. The molecule has 7 heteroatoms. The Morgan fingerprint density at radius 3 is 2.81 bits per heavy atom. The molecule has 5 rings (SSSR count). The second kappa shape index (κ2) is 8.45. The van der Waals surface area contributed by atoms with Gasteiger partial charge in [-0.1, -0.05) is 42.5 Å². The second-order valence-corrected chi connectivity index (χ2v) is 8.52. The molecule has 1 aliphatic heterocycles. The number of aryl methyl sites for hydroxylation is 1. The van der Waals surface area contributed by atoms with Gasteiger partial charge in [0.25, 0.3) is 0 Å². The van der Waals surface area contributed by atoms with E-state index in [0.29, 0.717) is 17.9 Å². The normalized spacial score (nSPS) is 13.5. The summed E-state index contributed by atoms with van der Waals surface area (Å²) in [6.45, 7) is 2.41. The van der Waals surface area contributed by atoms with Gasteiger partial charge in [-0.25, -0.2) is 9.97 Å². The lowest BCUT2D eigenvalue weighted by Gasteiger charge is -2.15. The number of primary amides is 1. The van der Waals surface area contributed by atoms with E-state index in [4.69, 9.17) is 15.7 Å². The summed E-state index contributed by atoms with van der Waals surface area (Å²) in [5.74, 6) is 1.14. The highest BCUT2D eigenvalue weighted by atomic mass is 32.1. The molecule has 3 heterocycles. The summed E-state index contributed by atoms with van der Waals surface area (Å²) in [6, 6.07) is 15.9. The van der Waals surface area contributed by atoms with Crippen LogP contribution in [-0.2, 0) is 19.5 Å². The fourth-order valence-corrected chi connectivity index (χ4v) is 5.00. The lowest BCUT2D eigenvalue weighted by atomic mass is 10.1. The summed E-state index contributed by atoms with van der Waals surface area (Å²) < 4.78 is 0. The van der Waals surface area contributed by atoms with Crippen LogP contribution in [0.25, 0.3) is 21.5 Å². The van der Waals surface area contributed by atoms with Crippen molar-refractivity contribution in [3.63, 3.8) is 0 Å². The van der Waals surface area contributed by atoms with Gasteiger partial charge in [-0.05, 0) is 31.0 Å². The van der Waals surface area contributed by atoms with E-state index in [0.717, 1.165) is 58.7 Å². The Balaban J connectivity index is 1.59. The second-order valence-electron chi connectivity index (χ2n) is 7.64. The van der Waals surface area contributed by atoms with Gasteiger partial charge in [0.1, 0.15) is 5.82 Å². The average molecular weight is 430 g/mol. The number of nitrogens with one attached hydrogen (secondary N) is 2. The largest absolute Gasteiger partial charge is 0.366 e. The number of nitrogens with zero attached hydrogens (tertiary/aromatic N) is 2. The zero-order valence-electron chi connectivity index (χ0n) is 17.0. The van der Waals surface area contributed by atoms with Gasteiger partial charge in [-0.2, -0.15) is 0 Å². The number of hydrogen-bond donors (Lipinski definition) is 3. The Kier molecular flexibility index (Phi) is 5.36. The van der Waals surface area contributed by atoms with Crippen LogP contribution in [0.5, 0.6) is 0 Å². The number of fused-ring (bicyclic) bond motifs is 2. The average Bonchev–Trinajstić information content (AvgIpc) is 3.08. The van der Waals surface area contributed by atoms with E-state index < -0.39 is 5.91 Å². The van der Waals surface area contributed by atoms with E-state index >= 15 is 0 Å². The van der Waals surface area contributed by atoms with Gasteiger partial charge in [-0.3, -0.25) is 4.79 Å². The van der Waals surface area contributed by atoms with Gasteiger partial charge < -0.3 is 16.4 Å². The Morgan fingerprint density at radius 2 is 1.97 bits per heavy atom. The third-order valence-corrected chi connectivity index (χ3v) is 6.57. The van der Waals surface area contributed by atoms with Gasteiger partial charge in [0.05, 0.1) is 10.6 Å². The highest BCUT2D eigenvalue weighted by Gasteiger charge is 2.20. The van der Waals surface area contributed by atoms with Gasteiger partial charge in [-0.15, -0.1) is 11.3 Å². The Hall–Kier alpha value is -3.29. The molecule has 31 heavy (non-hydrogen) atoms. The van der Waals surface area contributed by atoms with Crippen LogP contribution in [0.4, 0.5) is 5.82 Å². The van der Waals surface area contributed by atoms with Crippen molar-refractivity contribution in [1.29, 1.82) is 0 Å². The number of anilines is 1. The minimum atomic E-state index is -0.422. The van der Waals surface area contributed by atoms with Crippen molar-refractivity contribution in [3.8, 4) is 10.7 Å². The van der Waals surface area contributed by atoms with Crippen LogP contribution in [0.3, 0.4) is 0 Å². The van der Waals surface area contributed by atoms with Crippen molar-refractivity contribution in [2.45, 2.75) is 25.9 Å². The van der Waals surface area contributed by atoms with Crippen molar-refractivity contribution in [1.82, 2.24) is 15.3 Å². The minimum absolute atomic E-state index is 0.422. The van der Waals surface area contributed by atoms with Gasteiger partial charge in [0.2, 0.25) is 5.91 Å². The van der Waals surface area contributed by atoms with Gasteiger partial charge >= 0.3 is 0 Å². The number of amides is 1. The standard InChI is InChI=1S/C24H23N5OS/c25-22(30)17-9-4-8-16-19(17)14-31-21(16)24-28-20-10-5-11-26-13-18(20)23(29-24)27-12-15-6-2-1-3-7-15/h1-4,6-9,14,26H,5,10-13H2,(H2,25,30)(H,27,28,29). The van der Waals surface area contributed by atoms with E-state index in [2.05, 4.69) is 22.8 Å². The molecule has 4 N–H and O–H groups in total. The molecular weight excluding hydrogens is 406 g/mol. The van der Waals surface area contributed by atoms with Crippen molar-refractivity contribution in [3.05, 3.63) is 76.3 Å². The maximum absolute atomic E-state index is 11.8. The third-order valence-electron chi connectivity index (χ3n) is 5.58. The van der Waals surface area contributed by atoms with E-state index in [1.807, 2.05) is 35.7 Å². The molecule has 1 aliphatic rings. The molecule has 0 unspecified atom stereocenters. The molecule has 0 saturated carbocycles. The Morgan fingerprint density at radius 1 is 1.10 bits per heavy atom. The number of carbonyl (C=O) groups is 1. The van der Waals surface area contributed by atoms with Crippen molar-refractivity contribution in [2.24, 2.45) is 5.73 Å². The highest BCUT2D eigenvalue weighted by molar-refractivity contribution is 7.15. The molecule has 156 valence electrons. The fraction of sp³-hybridized carbons (Fsp3) is 0.208. The first-order valence-electron chi connectivity index (χ1n) is 10.4. The summed E-state index contributed by atoms with van der Waals surface area (Å²) in [6.07, 6.45) is 1.95. The predicted octanol–water partition coefficient (Wildman–Crippen LogP) is 4.11. The van der Waals surface area contributed by atoms with Crippen molar-refractivity contribution >= 4 is 33.8 Å². The molecule has 1 amide bonds. The number of rotatable bonds is 5. The number of carbonyl (C=O) groups excluding carboxylic acids is 1. The lowest BCUT2D eigenvalue weighted by Crippen LogP contribution is -2.15. The quantitative estimate of drug-likeness (QED) is 0.444. The third kappa shape index (κ3) is 3.89. The van der Waals surface area contributed by atoms with Crippen molar-refractivity contribution < 1.29 is 4.79 Å². The summed E-state index contributed by atoms with van der Waals surface area (Å²) in [7, 11) is 0. The molecule has 2 aromatic heterocycles. The van der Waals surface area contributed by atoms with Crippen LogP contribution >= 0.6 is 11.3 Å². The fourth-order valence-electron chi connectivity index (χ4n) is 4.01. The van der Waals surface area contributed by atoms with E-state index in [-0.39, 0.29) is 0 Å². The molecular formula is C24H23N5OS. The molecule has 0 radical (unpaired) electrons. The predicted molar refractivity (Wildman–Crippen MR) is 125 cm³/mol. The Bertz CT molecular complexity index is 1250. The molecule has 0 bridgehead atoms. The maximum atomic E-state index is 11.8.